The molecule has 0 fully saturated rings. The first-order valence-corrected chi connectivity index (χ1v) is 9.79. The maximum absolute atomic E-state index is 12.0. The van der Waals surface area contributed by atoms with Crippen LogP contribution < -0.4 is 10.6 Å². The van der Waals surface area contributed by atoms with E-state index in [1.165, 1.54) is 0 Å². The van der Waals surface area contributed by atoms with Gasteiger partial charge in [-0.3, -0.25) is 14.6 Å². The van der Waals surface area contributed by atoms with E-state index in [0.717, 1.165) is 32.2 Å². The number of unbranched alkanes of at least 4 members (excludes halogenated alkanes) is 3. The van der Waals surface area contributed by atoms with E-state index < -0.39 is 5.60 Å². The third-order valence-electron chi connectivity index (χ3n) is 3.48. The highest BCUT2D eigenvalue weighted by Gasteiger charge is 2.17. The first kappa shape index (κ1) is 25.2. The molecule has 0 heterocycles. The Morgan fingerprint density at radius 1 is 1.00 bits per heavy atom. The highest BCUT2D eigenvalue weighted by molar-refractivity contribution is 5.86. The number of hydrogen-bond donors (Lipinski definition) is 2. The molecule has 158 valence electrons. The van der Waals surface area contributed by atoms with E-state index in [1.807, 2.05) is 53.5 Å². The summed E-state index contributed by atoms with van der Waals surface area (Å²) in [6.07, 6.45) is 4.31. The van der Waals surface area contributed by atoms with Crippen molar-refractivity contribution in [1.82, 2.24) is 15.5 Å². The summed E-state index contributed by atoms with van der Waals surface area (Å²) in [5, 5.41) is 6.21. The smallest absolute Gasteiger partial charge is 0.306 e. The molecular weight excluding hydrogens is 344 g/mol. The summed E-state index contributed by atoms with van der Waals surface area (Å²) in [4.78, 5) is 29.7. The standard InChI is InChI=1S/C20H40N4O3/c1-19(2,3)23-16(25)15-24(8)18(21-7)22-14-12-10-9-11-13-17(26)27-20(4,5)6/h9-15H2,1-8H3,(H,21,22)(H,23,25). The molecule has 0 aromatic heterocycles. The molecule has 0 spiro atoms. The zero-order chi connectivity index (χ0) is 21.1. The summed E-state index contributed by atoms with van der Waals surface area (Å²) in [5.74, 6) is 0.541. The van der Waals surface area contributed by atoms with E-state index in [4.69, 9.17) is 4.74 Å². The normalized spacial score (nSPS) is 12.5. The van der Waals surface area contributed by atoms with Gasteiger partial charge in [-0.2, -0.15) is 0 Å². The molecule has 0 radical (unpaired) electrons. The largest absolute Gasteiger partial charge is 0.460 e. The summed E-state index contributed by atoms with van der Waals surface area (Å²) < 4.78 is 5.29. The lowest BCUT2D eigenvalue weighted by atomic mass is 10.1. The highest BCUT2D eigenvalue weighted by atomic mass is 16.6. The van der Waals surface area contributed by atoms with Gasteiger partial charge in [-0.25, -0.2) is 0 Å². The van der Waals surface area contributed by atoms with Crippen molar-refractivity contribution in [2.24, 2.45) is 4.99 Å². The van der Waals surface area contributed by atoms with Gasteiger partial charge in [-0.05, 0) is 54.4 Å². The van der Waals surface area contributed by atoms with Gasteiger partial charge in [0.1, 0.15) is 5.60 Å². The predicted octanol–water partition coefficient (Wildman–Crippen LogP) is 2.70. The Labute approximate surface area is 165 Å². The second-order valence-electron chi connectivity index (χ2n) is 8.88. The van der Waals surface area contributed by atoms with Crippen LogP contribution >= 0.6 is 0 Å². The topological polar surface area (TPSA) is 83.0 Å². The van der Waals surface area contributed by atoms with Crippen molar-refractivity contribution in [3.05, 3.63) is 0 Å². The molecule has 0 aliphatic heterocycles. The third kappa shape index (κ3) is 15.0. The lowest BCUT2D eigenvalue weighted by Crippen LogP contribution is -2.48. The van der Waals surface area contributed by atoms with E-state index in [2.05, 4.69) is 15.6 Å². The van der Waals surface area contributed by atoms with Crippen LogP contribution in [0.2, 0.25) is 0 Å². The highest BCUT2D eigenvalue weighted by Crippen LogP contribution is 2.11. The number of esters is 1. The zero-order valence-electron chi connectivity index (χ0n) is 18.6. The molecule has 0 rings (SSSR count). The number of carbonyl (C=O) groups excluding carboxylic acids is 2. The Hall–Kier alpha value is -1.79. The molecule has 0 aromatic carbocycles. The number of carbonyl (C=O) groups is 2. The van der Waals surface area contributed by atoms with Gasteiger partial charge in [-0.1, -0.05) is 12.8 Å². The van der Waals surface area contributed by atoms with E-state index in [0.29, 0.717) is 12.4 Å². The Morgan fingerprint density at radius 3 is 2.11 bits per heavy atom. The van der Waals surface area contributed by atoms with Gasteiger partial charge < -0.3 is 20.3 Å². The molecule has 0 aliphatic rings. The minimum absolute atomic E-state index is 0.0323. The van der Waals surface area contributed by atoms with E-state index in [1.54, 1.807) is 7.05 Å². The van der Waals surface area contributed by atoms with Gasteiger partial charge in [0.2, 0.25) is 5.91 Å². The van der Waals surface area contributed by atoms with Crippen LogP contribution in [0.15, 0.2) is 4.99 Å². The van der Waals surface area contributed by atoms with Crippen LogP contribution in [0.1, 0.15) is 73.6 Å². The van der Waals surface area contributed by atoms with Gasteiger partial charge in [0.25, 0.3) is 0 Å². The molecule has 7 nitrogen and oxygen atoms in total. The van der Waals surface area contributed by atoms with Crippen LogP contribution in [0.25, 0.3) is 0 Å². The molecule has 2 N–H and O–H groups in total. The molecule has 0 aliphatic carbocycles. The number of rotatable bonds is 9. The molecule has 1 amide bonds. The van der Waals surface area contributed by atoms with Crippen molar-refractivity contribution in [2.75, 3.05) is 27.2 Å². The van der Waals surface area contributed by atoms with Crippen molar-refractivity contribution in [3.63, 3.8) is 0 Å². The van der Waals surface area contributed by atoms with Gasteiger partial charge in [0.15, 0.2) is 5.96 Å². The number of guanidine groups is 1. The Bertz CT molecular complexity index is 490. The molecule has 27 heavy (non-hydrogen) atoms. The van der Waals surface area contributed by atoms with Crippen LogP contribution in [0.4, 0.5) is 0 Å². The molecule has 0 bridgehead atoms. The second kappa shape index (κ2) is 11.8. The summed E-state index contributed by atoms with van der Waals surface area (Å²) in [6.45, 7) is 12.6. The van der Waals surface area contributed by atoms with E-state index >= 15 is 0 Å². The van der Waals surface area contributed by atoms with E-state index in [-0.39, 0.29) is 24.0 Å². The molecule has 0 aromatic rings. The minimum Gasteiger partial charge on any atom is -0.460 e. The van der Waals surface area contributed by atoms with Gasteiger partial charge in [-0.15, -0.1) is 0 Å². The Kier molecular flexibility index (Phi) is 11.0. The van der Waals surface area contributed by atoms with E-state index in [9.17, 15) is 9.59 Å². The van der Waals surface area contributed by atoms with Crippen LogP contribution in [-0.2, 0) is 14.3 Å². The number of aliphatic imine (C=N–C) groups is 1. The summed E-state index contributed by atoms with van der Waals surface area (Å²) in [5.41, 5.74) is -0.652. The fourth-order valence-corrected chi connectivity index (χ4v) is 2.47. The van der Waals surface area contributed by atoms with Crippen molar-refractivity contribution in [2.45, 2.75) is 84.8 Å². The molecule has 0 atom stereocenters. The average molecular weight is 385 g/mol. The molecular formula is C20H40N4O3. The van der Waals surface area contributed by atoms with Crippen LogP contribution in [-0.4, -0.2) is 61.1 Å². The van der Waals surface area contributed by atoms with Gasteiger partial charge in [0, 0.05) is 32.6 Å². The molecule has 7 heteroatoms. The van der Waals surface area contributed by atoms with Crippen molar-refractivity contribution < 1.29 is 14.3 Å². The summed E-state index contributed by atoms with van der Waals surface area (Å²) in [7, 11) is 3.56. The fraction of sp³-hybridized carbons (Fsp3) is 0.850. The van der Waals surface area contributed by atoms with Crippen LogP contribution in [0.5, 0.6) is 0 Å². The van der Waals surface area contributed by atoms with Crippen molar-refractivity contribution >= 4 is 17.8 Å². The summed E-state index contributed by atoms with van der Waals surface area (Å²) >= 11 is 0. The number of likely N-dealkylation sites (N-methyl/N-ethyl adjacent to an activating group) is 1. The van der Waals surface area contributed by atoms with Crippen molar-refractivity contribution in [3.8, 4) is 0 Å². The van der Waals surface area contributed by atoms with Crippen LogP contribution in [0, 0.1) is 0 Å². The second-order valence-corrected chi connectivity index (χ2v) is 8.88. The quantitative estimate of drug-likeness (QED) is 0.276. The fourth-order valence-electron chi connectivity index (χ4n) is 2.47. The summed E-state index contributed by atoms with van der Waals surface area (Å²) in [6, 6.07) is 0. The van der Waals surface area contributed by atoms with Crippen molar-refractivity contribution in [1.29, 1.82) is 0 Å². The zero-order valence-corrected chi connectivity index (χ0v) is 18.6. The van der Waals surface area contributed by atoms with Crippen LogP contribution in [0.3, 0.4) is 0 Å². The minimum atomic E-state index is -0.410. The molecule has 0 saturated heterocycles. The number of nitrogens with one attached hydrogen (secondary N) is 2. The molecule has 0 saturated carbocycles. The molecule has 0 unspecified atom stereocenters. The van der Waals surface area contributed by atoms with Gasteiger partial charge >= 0.3 is 5.97 Å². The SMILES string of the molecule is CN=C(NCCCCCCC(=O)OC(C)(C)C)N(C)CC(=O)NC(C)(C)C. The number of ether oxygens (including phenoxy) is 1. The van der Waals surface area contributed by atoms with Gasteiger partial charge in [0.05, 0.1) is 6.54 Å². The number of hydrogen-bond acceptors (Lipinski definition) is 4. The number of nitrogens with zero attached hydrogens (tertiary/aromatic N) is 2. The average Bonchev–Trinajstić information content (AvgIpc) is 2.45. The number of amides is 1. The maximum Gasteiger partial charge on any atom is 0.306 e. The lowest BCUT2D eigenvalue weighted by molar-refractivity contribution is -0.154. The Balaban J connectivity index is 3.95. The Morgan fingerprint density at radius 2 is 1.59 bits per heavy atom. The third-order valence-corrected chi connectivity index (χ3v) is 3.48. The maximum atomic E-state index is 12.0. The first-order chi connectivity index (χ1) is 12.3. The lowest BCUT2D eigenvalue weighted by Gasteiger charge is -2.25. The first-order valence-electron chi connectivity index (χ1n) is 9.79. The predicted molar refractivity (Wildman–Crippen MR) is 111 cm³/mol. The monoisotopic (exact) mass is 384 g/mol.